The highest BCUT2D eigenvalue weighted by Gasteiger charge is 2.46. The highest BCUT2D eigenvalue weighted by Crippen LogP contribution is 2.27. The number of benzene rings is 2. The van der Waals surface area contributed by atoms with Crippen LogP contribution >= 0.6 is 0 Å². The molecule has 4 rings (SSSR count). The fourth-order valence-electron chi connectivity index (χ4n) is 4.53. The zero-order valence-corrected chi connectivity index (χ0v) is 17.5. The SMILES string of the molecule is CCCCc1ccc(N2C(=O)C[C@@H]([NH+]3CCN(c4ccccc4O)CC3)C2=O)cc1. The van der Waals surface area contributed by atoms with E-state index in [4.69, 9.17) is 0 Å². The van der Waals surface area contributed by atoms with E-state index in [-0.39, 0.29) is 30.0 Å². The molecule has 1 atom stereocenters. The number of anilines is 2. The maximum atomic E-state index is 13.1. The Morgan fingerprint density at radius 1 is 1.03 bits per heavy atom. The highest BCUT2D eigenvalue weighted by atomic mass is 16.3. The Bertz CT molecular complexity index is 904. The predicted octanol–water partition coefficient (Wildman–Crippen LogP) is 1.77. The monoisotopic (exact) mass is 408 g/mol. The normalized spacial score (nSPS) is 20.2. The molecule has 0 aromatic heterocycles. The van der Waals surface area contributed by atoms with Gasteiger partial charge in [0.1, 0.15) is 5.75 Å². The van der Waals surface area contributed by atoms with Crippen LogP contribution in [-0.2, 0) is 16.0 Å². The van der Waals surface area contributed by atoms with Gasteiger partial charge in [0.15, 0.2) is 6.04 Å². The summed E-state index contributed by atoms with van der Waals surface area (Å²) >= 11 is 0. The van der Waals surface area contributed by atoms with Crippen molar-refractivity contribution in [1.82, 2.24) is 0 Å². The summed E-state index contributed by atoms with van der Waals surface area (Å²) in [4.78, 5) is 30.5. The summed E-state index contributed by atoms with van der Waals surface area (Å²) in [5.74, 6) is 0.0795. The standard InChI is InChI=1S/C24H29N3O3/c1-2-3-6-18-9-11-19(12-10-18)27-23(29)17-21(24(27)30)26-15-13-25(14-16-26)20-7-4-5-8-22(20)28/h4-5,7-12,21,28H,2-3,6,13-17H2,1H3/p+1/t21-/m1/s1. The maximum Gasteiger partial charge on any atom is 0.292 e. The Balaban J connectivity index is 1.40. The number of hydrogen-bond acceptors (Lipinski definition) is 4. The molecule has 0 aliphatic carbocycles. The van der Waals surface area contributed by atoms with Crippen LogP contribution in [0.15, 0.2) is 48.5 Å². The molecule has 0 spiro atoms. The molecule has 158 valence electrons. The third-order valence-corrected chi connectivity index (χ3v) is 6.28. The van der Waals surface area contributed by atoms with Crippen LogP contribution in [0.1, 0.15) is 31.7 Å². The van der Waals surface area contributed by atoms with E-state index in [2.05, 4.69) is 11.8 Å². The van der Waals surface area contributed by atoms with E-state index in [1.54, 1.807) is 6.07 Å². The number of nitrogens with zero attached hydrogens (tertiary/aromatic N) is 2. The van der Waals surface area contributed by atoms with Gasteiger partial charge in [0, 0.05) is 0 Å². The average Bonchev–Trinajstić information content (AvgIpc) is 3.07. The average molecular weight is 409 g/mol. The quantitative estimate of drug-likeness (QED) is 0.715. The van der Waals surface area contributed by atoms with Gasteiger partial charge in [-0.15, -0.1) is 0 Å². The second-order valence-electron chi connectivity index (χ2n) is 8.23. The molecule has 0 saturated carbocycles. The summed E-state index contributed by atoms with van der Waals surface area (Å²) in [7, 11) is 0. The summed E-state index contributed by atoms with van der Waals surface area (Å²) in [5.41, 5.74) is 2.75. The number of phenols is 1. The largest absolute Gasteiger partial charge is 0.506 e. The first-order chi connectivity index (χ1) is 14.6. The summed E-state index contributed by atoms with van der Waals surface area (Å²) in [6, 6.07) is 14.9. The summed E-state index contributed by atoms with van der Waals surface area (Å²) in [6.07, 6.45) is 3.57. The molecule has 6 heteroatoms. The van der Waals surface area contributed by atoms with E-state index in [0.717, 1.165) is 56.0 Å². The number of carbonyl (C=O) groups excluding carboxylic acids is 2. The minimum atomic E-state index is -0.316. The molecular weight excluding hydrogens is 378 g/mol. The third kappa shape index (κ3) is 4.05. The molecule has 2 saturated heterocycles. The number of aromatic hydroxyl groups is 1. The Morgan fingerprint density at radius 3 is 2.40 bits per heavy atom. The molecule has 0 unspecified atom stereocenters. The summed E-state index contributed by atoms with van der Waals surface area (Å²) in [5, 5.41) is 10.1. The van der Waals surface area contributed by atoms with Crippen molar-refractivity contribution in [1.29, 1.82) is 0 Å². The molecule has 2 amide bonds. The van der Waals surface area contributed by atoms with E-state index < -0.39 is 0 Å². The van der Waals surface area contributed by atoms with Crippen molar-refractivity contribution < 1.29 is 19.6 Å². The van der Waals surface area contributed by atoms with Gasteiger partial charge >= 0.3 is 0 Å². The number of rotatable bonds is 6. The molecule has 2 aliphatic rings. The smallest absolute Gasteiger partial charge is 0.292 e. The Hall–Kier alpha value is -2.86. The van der Waals surface area contributed by atoms with E-state index in [1.165, 1.54) is 10.5 Å². The van der Waals surface area contributed by atoms with Crippen LogP contribution in [0.5, 0.6) is 5.75 Å². The topological polar surface area (TPSA) is 65.3 Å². The molecule has 2 aromatic carbocycles. The number of para-hydroxylation sites is 2. The zero-order chi connectivity index (χ0) is 21.1. The van der Waals surface area contributed by atoms with Gasteiger partial charge in [-0.05, 0) is 42.7 Å². The lowest BCUT2D eigenvalue weighted by molar-refractivity contribution is -0.915. The number of amides is 2. The van der Waals surface area contributed by atoms with E-state index in [9.17, 15) is 14.7 Å². The molecular formula is C24H30N3O3+. The van der Waals surface area contributed by atoms with Gasteiger partial charge in [0.05, 0.1) is 44.0 Å². The number of nitrogens with one attached hydrogen (secondary N) is 1. The van der Waals surface area contributed by atoms with Crippen molar-refractivity contribution >= 4 is 23.2 Å². The van der Waals surface area contributed by atoms with Crippen LogP contribution in [0.25, 0.3) is 0 Å². The predicted molar refractivity (Wildman–Crippen MR) is 117 cm³/mol. The zero-order valence-electron chi connectivity index (χ0n) is 17.5. The van der Waals surface area contributed by atoms with Gasteiger partial charge in [-0.2, -0.15) is 0 Å². The minimum Gasteiger partial charge on any atom is -0.506 e. The Morgan fingerprint density at radius 2 is 1.73 bits per heavy atom. The first kappa shape index (κ1) is 20.4. The Kier molecular flexibility index (Phi) is 6.04. The number of imide groups is 1. The Labute approximate surface area is 177 Å². The number of carbonyl (C=O) groups is 2. The van der Waals surface area contributed by atoms with Crippen LogP contribution in [0.4, 0.5) is 11.4 Å². The molecule has 2 heterocycles. The minimum absolute atomic E-state index is 0.0904. The van der Waals surface area contributed by atoms with Crippen LogP contribution in [0, 0.1) is 0 Å². The highest BCUT2D eigenvalue weighted by molar-refractivity contribution is 6.21. The fourth-order valence-corrected chi connectivity index (χ4v) is 4.53. The molecule has 2 aliphatic heterocycles. The molecule has 6 nitrogen and oxygen atoms in total. The number of hydrogen-bond donors (Lipinski definition) is 2. The van der Waals surface area contributed by atoms with Gasteiger partial charge in [0.25, 0.3) is 5.91 Å². The lowest BCUT2D eigenvalue weighted by Gasteiger charge is -2.35. The first-order valence-corrected chi connectivity index (χ1v) is 10.9. The summed E-state index contributed by atoms with van der Waals surface area (Å²) in [6.45, 7) is 5.19. The van der Waals surface area contributed by atoms with Crippen LogP contribution in [0.2, 0.25) is 0 Å². The second kappa shape index (κ2) is 8.88. The van der Waals surface area contributed by atoms with Crippen molar-refractivity contribution in [2.75, 3.05) is 36.0 Å². The van der Waals surface area contributed by atoms with E-state index in [0.29, 0.717) is 5.69 Å². The van der Waals surface area contributed by atoms with Crippen LogP contribution < -0.4 is 14.7 Å². The number of aryl methyl sites for hydroxylation is 1. The fraction of sp³-hybridized carbons (Fsp3) is 0.417. The van der Waals surface area contributed by atoms with E-state index >= 15 is 0 Å². The number of unbranched alkanes of at least 4 members (excludes halogenated alkanes) is 1. The molecule has 0 bridgehead atoms. The number of quaternary nitrogens is 1. The number of phenolic OH excluding ortho intramolecular Hbond substituents is 1. The van der Waals surface area contributed by atoms with Crippen LogP contribution in [0.3, 0.4) is 0 Å². The summed E-state index contributed by atoms with van der Waals surface area (Å²) < 4.78 is 0. The van der Waals surface area contributed by atoms with Crippen molar-refractivity contribution in [3.8, 4) is 5.75 Å². The molecule has 2 N–H and O–H groups in total. The second-order valence-corrected chi connectivity index (χ2v) is 8.23. The van der Waals surface area contributed by atoms with Crippen molar-refractivity contribution in [2.24, 2.45) is 0 Å². The van der Waals surface area contributed by atoms with Crippen molar-refractivity contribution in [3.63, 3.8) is 0 Å². The molecule has 2 aromatic rings. The van der Waals surface area contributed by atoms with Crippen molar-refractivity contribution in [2.45, 2.75) is 38.6 Å². The maximum absolute atomic E-state index is 13.1. The van der Waals surface area contributed by atoms with Gasteiger partial charge in [-0.1, -0.05) is 37.6 Å². The van der Waals surface area contributed by atoms with Gasteiger partial charge in [-0.3, -0.25) is 9.59 Å². The molecule has 30 heavy (non-hydrogen) atoms. The van der Waals surface area contributed by atoms with Gasteiger partial charge in [-0.25, -0.2) is 4.90 Å². The molecule has 2 fully saturated rings. The third-order valence-electron chi connectivity index (χ3n) is 6.28. The van der Waals surface area contributed by atoms with Gasteiger partial charge < -0.3 is 14.9 Å². The van der Waals surface area contributed by atoms with Crippen molar-refractivity contribution in [3.05, 3.63) is 54.1 Å². The first-order valence-electron chi connectivity index (χ1n) is 10.9. The molecule has 0 radical (unpaired) electrons. The number of piperazine rings is 1. The van der Waals surface area contributed by atoms with E-state index in [1.807, 2.05) is 42.5 Å². The lowest BCUT2D eigenvalue weighted by Crippen LogP contribution is -3.19. The van der Waals surface area contributed by atoms with Crippen LogP contribution in [-0.4, -0.2) is 49.1 Å². The van der Waals surface area contributed by atoms with Gasteiger partial charge in [0.2, 0.25) is 5.91 Å². The lowest BCUT2D eigenvalue weighted by atomic mass is 10.1.